The quantitative estimate of drug-likeness (QED) is 0.637. The van der Waals surface area contributed by atoms with Gasteiger partial charge in [0.1, 0.15) is 5.82 Å². The van der Waals surface area contributed by atoms with Crippen LogP contribution in [0.1, 0.15) is 19.8 Å². The molecule has 0 unspecified atom stereocenters. The summed E-state index contributed by atoms with van der Waals surface area (Å²) in [5.41, 5.74) is 2.47. The second kappa shape index (κ2) is 4.97. The van der Waals surface area contributed by atoms with Crippen molar-refractivity contribution in [1.82, 2.24) is 9.97 Å². The maximum Gasteiger partial charge on any atom is 0.239 e. The third kappa shape index (κ3) is 2.62. The molecule has 1 aromatic rings. The van der Waals surface area contributed by atoms with Crippen molar-refractivity contribution in [3.63, 3.8) is 0 Å². The Labute approximate surface area is 104 Å². The number of rotatable bonds is 5. The van der Waals surface area contributed by atoms with Crippen molar-refractivity contribution < 1.29 is 0 Å². The van der Waals surface area contributed by atoms with E-state index in [1.807, 2.05) is 0 Å². The molecule has 3 N–H and O–H groups in total. The molecule has 0 spiro atoms. The van der Waals surface area contributed by atoms with Crippen LogP contribution >= 0.6 is 15.9 Å². The van der Waals surface area contributed by atoms with E-state index in [9.17, 15) is 0 Å². The average molecular weight is 286 g/mol. The Hall–Kier alpha value is -0.880. The van der Waals surface area contributed by atoms with Crippen LogP contribution in [0.3, 0.4) is 0 Å². The Morgan fingerprint density at radius 1 is 1.62 bits per heavy atom. The molecule has 16 heavy (non-hydrogen) atoms. The number of nitrogens with two attached hydrogens (primary N) is 1. The van der Waals surface area contributed by atoms with Crippen LogP contribution in [0.2, 0.25) is 0 Å². The van der Waals surface area contributed by atoms with Crippen molar-refractivity contribution in [1.29, 1.82) is 0 Å². The summed E-state index contributed by atoms with van der Waals surface area (Å²) in [6, 6.07) is 0. The number of anilines is 2. The molecule has 0 bridgehead atoms. The van der Waals surface area contributed by atoms with Gasteiger partial charge in [-0.25, -0.2) is 10.8 Å². The molecule has 88 valence electrons. The van der Waals surface area contributed by atoms with Crippen LogP contribution in [0.5, 0.6) is 0 Å². The molecule has 5 nitrogen and oxygen atoms in total. The molecule has 0 amide bonds. The predicted molar refractivity (Wildman–Crippen MR) is 68.2 cm³/mol. The van der Waals surface area contributed by atoms with E-state index in [1.165, 1.54) is 12.8 Å². The van der Waals surface area contributed by atoms with E-state index in [4.69, 9.17) is 5.84 Å². The Bertz CT molecular complexity index is 366. The van der Waals surface area contributed by atoms with Gasteiger partial charge in [0.15, 0.2) is 0 Å². The number of hydrogen-bond donors (Lipinski definition) is 2. The Balaban J connectivity index is 2.20. The molecule has 1 aromatic heterocycles. The Morgan fingerprint density at radius 2 is 2.38 bits per heavy atom. The summed E-state index contributed by atoms with van der Waals surface area (Å²) >= 11 is 3.48. The lowest BCUT2D eigenvalue weighted by Crippen LogP contribution is -2.27. The van der Waals surface area contributed by atoms with E-state index in [1.54, 1.807) is 6.20 Å². The molecule has 1 aliphatic carbocycles. The minimum atomic E-state index is 0.451. The number of aromatic nitrogens is 2. The summed E-state index contributed by atoms with van der Waals surface area (Å²) < 4.78 is 0.911. The molecule has 0 aromatic carbocycles. The fourth-order valence-corrected chi connectivity index (χ4v) is 2.07. The molecular formula is C10H16BrN5. The number of halogens is 1. The first kappa shape index (κ1) is 11.6. The summed E-state index contributed by atoms with van der Waals surface area (Å²) in [5.74, 6) is 7.51. The smallest absolute Gasteiger partial charge is 0.239 e. The molecule has 6 heteroatoms. The minimum Gasteiger partial charge on any atom is -0.356 e. The van der Waals surface area contributed by atoms with Gasteiger partial charge in [0.2, 0.25) is 5.95 Å². The van der Waals surface area contributed by atoms with Crippen molar-refractivity contribution >= 4 is 27.7 Å². The van der Waals surface area contributed by atoms with E-state index in [0.29, 0.717) is 5.95 Å². The maximum absolute atomic E-state index is 5.32. The molecule has 1 saturated carbocycles. The SMILES string of the molecule is CCN(CC1CC1)c1nc(NN)ncc1Br. The molecule has 1 aliphatic rings. The maximum atomic E-state index is 5.32. The highest BCUT2D eigenvalue weighted by Crippen LogP contribution is 2.32. The first-order chi connectivity index (χ1) is 7.74. The van der Waals surface area contributed by atoms with E-state index < -0.39 is 0 Å². The summed E-state index contributed by atoms with van der Waals surface area (Å²) in [5, 5.41) is 0. The van der Waals surface area contributed by atoms with Gasteiger partial charge in [0, 0.05) is 19.3 Å². The van der Waals surface area contributed by atoms with Crippen LogP contribution in [0.15, 0.2) is 10.7 Å². The number of hydrazine groups is 1. The first-order valence-corrected chi connectivity index (χ1v) is 6.28. The van der Waals surface area contributed by atoms with Crippen molar-refractivity contribution in [2.45, 2.75) is 19.8 Å². The van der Waals surface area contributed by atoms with Crippen LogP contribution in [0, 0.1) is 5.92 Å². The highest BCUT2D eigenvalue weighted by Gasteiger charge is 2.25. The standard InChI is InChI=1S/C10H16BrN5/c1-2-16(6-7-3-4-7)9-8(11)5-13-10(14-9)15-12/h5,7H,2-4,6,12H2,1H3,(H,13,14,15). The largest absolute Gasteiger partial charge is 0.356 e. The van der Waals surface area contributed by atoms with E-state index in [0.717, 1.165) is 29.3 Å². The van der Waals surface area contributed by atoms with Crippen LogP contribution in [0.25, 0.3) is 0 Å². The molecule has 0 aliphatic heterocycles. The molecule has 0 saturated heterocycles. The first-order valence-electron chi connectivity index (χ1n) is 5.48. The molecular weight excluding hydrogens is 270 g/mol. The van der Waals surface area contributed by atoms with Gasteiger partial charge in [0.05, 0.1) is 4.47 Å². The van der Waals surface area contributed by atoms with Crippen LogP contribution < -0.4 is 16.2 Å². The topological polar surface area (TPSA) is 67.1 Å². The van der Waals surface area contributed by atoms with Crippen LogP contribution in [-0.2, 0) is 0 Å². The zero-order valence-corrected chi connectivity index (χ0v) is 10.9. The summed E-state index contributed by atoms with van der Waals surface area (Å²) in [6.45, 7) is 4.14. The van der Waals surface area contributed by atoms with Crippen molar-refractivity contribution in [2.75, 3.05) is 23.4 Å². The molecule has 0 atom stereocenters. The van der Waals surface area contributed by atoms with Gasteiger partial charge in [-0.1, -0.05) is 0 Å². The fraction of sp³-hybridized carbons (Fsp3) is 0.600. The normalized spacial score (nSPS) is 14.9. The monoisotopic (exact) mass is 285 g/mol. The van der Waals surface area contributed by atoms with Crippen molar-refractivity contribution in [3.8, 4) is 0 Å². The molecule has 0 radical (unpaired) electrons. The van der Waals surface area contributed by atoms with E-state index >= 15 is 0 Å². The van der Waals surface area contributed by atoms with Gasteiger partial charge >= 0.3 is 0 Å². The fourth-order valence-electron chi connectivity index (χ4n) is 1.63. The van der Waals surface area contributed by atoms with Gasteiger partial charge in [-0.05, 0) is 41.6 Å². The van der Waals surface area contributed by atoms with Crippen LogP contribution in [-0.4, -0.2) is 23.1 Å². The number of hydrogen-bond acceptors (Lipinski definition) is 5. The van der Waals surface area contributed by atoms with Crippen molar-refractivity contribution in [2.24, 2.45) is 11.8 Å². The van der Waals surface area contributed by atoms with Crippen molar-refractivity contribution in [3.05, 3.63) is 10.7 Å². The Morgan fingerprint density at radius 3 is 2.94 bits per heavy atom. The lowest BCUT2D eigenvalue weighted by molar-refractivity contribution is 0.729. The number of nitrogen functional groups attached to an aromatic ring is 1. The van der Waals surface area contributed by atoms with Gasteiger partial charge in [-0.2, -0.15) is 4.98 Å². The van der Waals surface area contributed by atoms with Gasteiger partial charge in [0.25, 0.3) is 0 Å². The second-order valence-corrected chi connectivity index (χ2v) is 4.85. The second-order valence-electron chi connectivity index (χ2n) is 3.99. The molecule has 1 heterocycles. The zero-order valence-electron chi connectivity index (χ0n) is 9.28. The van der Waals surface area contributed by atoms with Gasteiger partial charge < -0.3 is 4.90 Å². The Kier molecular flexibility index (Phi) is 3.60. The number of nitrogens with zero attached hydrogens (tertiary/aromatic N) is 3. The van der Waals surface area contributed by atoms with E-state index in [2.05, 4.69) is 43.1 Å². The molecule has 2 rings (SSSR count). The summed E-state index contributed by atoms with van der Waals surface area (Å²) in [7, 11) is 0. The number of nitrogens with one attached hydrogen (secondary N) is 1. The lowest BCUT2D eigenvalue weighted by atomic mass is 10.3. The van der Waals surface area contributed by atoms with Gasteiger partial charge in [-0.3, -0.25) is 5.43 Å². The average Bonchev–Trinajstić information content (AvgIpc) is 3.11. The van der Waals surface area contributed by atoms with E-state index in [-0.39, 0.29) is 0 Å². The zero-order chi connectivity index (χ0) is 11.5. The predicted octanol–water partition coefficient (Wildman–Crippen LogP) is 1.76. The third-order valence-corrected chi connectivity index (χ3v) is 3.27. The molecule has 1 fully saturated rings. The van der Waals surface area contributed by atoms with Crippen LogP contribution in [0.4, 0.5) is 11.8 Å². The third-order valence-electron chi connectivity index (χ3n) is 2.71. The summed E-state index contributed by atoms with van der Waals surface area (Å²) in [4.78, 5) is 10.7. The van der Waals surface area contributed by atoms with Gasteiger partial charge in [-0.15, -0.1) is 0 Å². The summed E-state index contributed by atoms with van der Waals surface area (Å²) in [6.07, 6.45) is 4.40. The minimum absolute atomic E-state index is 0.451. The highest BCUT2D eigenvalue weighted by atomic mass is 79.9. The lowest BCUT2D eigenvalue weighted by Gasteiger charge is -2.23. The highest BCUT2D eigenvalue weighted by molar-refractivity contribution is 9.10.